The van der Waals surface area contributed by atoms with Crippen LogP contribution in [-0.2, 0) is 4.79 Å². The van der Waals surface area contributed by atoms with E-state index >= 15 is 0 Å². The number of urea groups is 1. The Labute approximate surface area is 88.4 Å². The minimum atomic E-state index is -0.201. The highest BCUT2D eigenvalue weighted by molar-refractivity contribution is 5.89. The molecule has 0 aromatic heterocycles. The fourth-order valence-corrected chi connectivity index (χ4v) is 3.10. The molecule has 3 amide bonds. The maximum absolute atomic E-state index is 11.9. The summed E-state index contributed by atoms with van der Waals surface area (Å²) in [6.07, 6.45) is 1.99. The molecule has 0 spiro atoms. The number of likely N-dealkylation sites (N-methyl/N-ethyl adjacent to an activating group) is 1. The van der Waals surface area contributed by atoms with Crippen molar-refractivity contribution in [1.82, 2.24) is 15.1 Å². The molecular weight excluding hydrogens is 194 g/mol. The molecule has 82 valence electrons. The maximum Gasteiger partial charge on any atom is 0.320 e. The number of carbonyl (C=O) groups is 2. The van der Waals surface area contributed by atoms with Crippen molar-refractivity contribution in [2.24, 2.45) is 5.92 Å². The molecule has 0 saturated carbocycles. The number of piperidine rings is 2. The van der Waals surface area contributed by atoms with Crippen LogP contribution in [0.2, 0.25) is 0 Å². The van der Waals surface area contributed by atoms with Crippen LogP contribution in [-0.4, -0.2) is 54.0 Å². The lowest BCUT2D eigenvalue weighted by Gasteiger charge is -2.39. The van der Waals surface area contributed by atoms with E-state index in [1.165, 1.54) is 0 Å². The minimum Gasteiger partial charge on any atom is -0.354 e. The van der Waals surface area contributed by atoms with Gasteiger partial charge in [-0.3, -0.25) is 4.79 Å². The van der Waals surface area contributed by atoms with Gasteiger partial charge in [0.1, 0.15) is 6.04 Å². The zero-order valence-corrected chi connectivity index (χ0v) is 8.77. The van der Waals surface area contributed by atoms with Crippen molar-refractivity contribution in [1.29, 1.82) is 0 Å². The molecule has 0 radical (unpaired) electrons. The molecule has 3 fully saturated rings. The first-order valence-corrected chi connectivity index (χ1v) is 5.49. The van der Waals surface area contributed by atoms with Crippen molar-refractivity contribution >= 4 is 11.9 Å². The lowest BCUT2D eigenvalue weighted by Crippen LogP contribution is -2.58. The summed E-state index contributed by atoms with van der Waals surface area (Å²) in [7, 11) is 1.84. The van der Waals surface area contributed by atoms with Gasteiger partial charge in [-0.25, -0.2) is 4.79 Å². The van der Waals surface area contributed by atoms with Crippen molar-refractivity contribution < 1.29 is 9.59 Å². The number of fused-ring (bicyclic) bond motifs is 4. The highest BCUT2D eigenvalue weighted by Gasteiger charge is 2.50. The SMILES string of the molecule is CN1C(=O)N2C[C@H]1C[C@H]1CCNC(=O)C12. The number of amides is 3. The van der Waals surface area contributed by atoms with E-state index in [2.05, 4.69) is 5.32 Å². The second kappa shape index (κ2) is 2.87. The monoisotopic (exact) mass is 209 g/mol. The average Bonchev–Trinajstić information content (AvgIpc) is 2.44. The minimum absolute atomic E-state index is 0.0181. The Hall–Kier alpha value is -1.26. The molecular formula is C10H15N3O2. The molecule has 3 saturated heterocycles. The van der Waals surface area contributed by atoms with Crippen molar-refractivity contribution in [3.8, 4) is 0 Å². The molecule has 5 nitrogen and oxygen atoms in total. The van der Waals surface area contributed by atoms with Gasteiger partial charge >= 0.3 is 6.03 Å². The first kappa shape index (κ1) is 9.00. The maximum atomic E-state index is 11.9. The number of rotatable bonds is 0. The number of nitrogens with one attached hydrogen (secondary N) is 1. The van der Waals surface area contributed by atoms with Crippen molar-refractivity contribution in [3.63, 3.8) is 0 Å². The van der Waals surface area contributed by atoms with Gasteiger partial charge in [-0.1, -0.05) is 0 Å². The lowest BCUT2D eigenvalue weighted by molar-refractivity contribution is -0.130. The van der Waals surface area contributed by atoms with Gasteiger partial charge in [0.2, 0.25) is 5.91 Å². The van der Waals surface area contributed by atoms with E-state index < -0.39 is 0 Å². The fraction of sp³-hybridized carbons (Fsp3) is 0.800. The van der Waals surface area contributed by atoms with Crippen LogP contribution < -0.4 is 5.32 Å². The third-order valence-electron chi connectivity index (χ3n) is 3.94. The van der Waals surface area contributed by atoms with E-state index in [1.807, 2.05) is 7.05 Å². The fourth-order valence-electron chi connectivity index (χ4n) is 3.10. The summed E-state index contributed by atoms with van der Waals surface area (Å²) in [5.74, 6) is 0.403. The zero-order valence-electron chi connectivity index (χ0n) is 8.77. The molecule has 3 aliphatic rings. The predicted molar refractivity (Wildman–Crippen MR) is 53.2 cm³/mol. The van der Waals surface area contributed by atoms with Crippen LogP contribution in [0.5, 0.6) is 0 Å². The molecule has 0 aromatic rings. The summed E-state index contributed by atoms with van der Waals surface area (Å²) in [4.78, 5) is 27.1. The number of nitrogens with zero attached hydrogens (tertiary/aromatic N) is 2. The van der Waals surface area contributed by atoms with Crippen LogP contribution in [0.25, 0.3) is 0 Å². The average molecular weight is 209 g/mol. The Kier molecular flexibility index (Phi) is 1.72. The quantitative estimate of drug-likeness (QED) is 0.592. The van der Waals surface area contributed by atoms with E-state index in [1.54, 1.807) is 9.80 Å². The summed E-state index contributed by atoms with van der Waals surface area (Å²) in [5.41, 5.74) is 0. The summed E-state index contributed by atoms with van der Waals surface area (Å²) in [6, 6.07) is 0.140. The topological polar surface area (TPSA) is 52.7 Å². The van der Waals surface area contributed by atoms with Gasteiger partial charge < -0.3 is 15.1 Å². The molecule has 3 rings (SSSR count). The summed E-state index contributed by atoms with van der Waals surface area (Å²) < 4.78 is 0. The standard InChI is InChI=1S/C10H15N3O2/c1-12-7-4-6-2-3-11-9(14)8(6)13(5-7)10(12)15/h6-8H,2-5H2,1H3,(H,11,14)/t6-,7-,8?/m1/s1. The second-order valence-corrected chi connectivity index (χ2v) is 4.72. The number of hydrogen-bond acceptors (Lipinski definition) is 2. The Bertz CT molecular complexity index is 331. The highest BCUT2D eigenvalue weighted by Crippen LogP contribution is 2.35. The molecule has 3 atom stereocenters. The highest BCUT2D eigenvalue weighted by atomic mass is 16.2. The van der Waals surface area contributed by atoms with E-state index in [4.69, 9.17) is 0 Å². The lowest BCUT2D eigenvalue weighted by atomic mass is 9.83. The van der Waals surface area contributed by atoms with Gasteiger partial charge in [0.05, 0.1) is 6.04 Å². The van der Waals surface area contributed by atoms with Crippen molar-refractivity contribution in [3.05, 3.63) is 0 Å². The molecule has 0 aromatic carbocycles. The third-order valence-corrected chi connectivity index (χ3v) is 3.94. The molecule has 3 aliphatic heterocycles. The Morgan fingerprint density at radius 1 is 1.40 bits per heavy atom. The first-order valence-electron chi connectivity index (χ1n) is 5.49. The van der Waals surface area contributed by atoms with E-state index in [0.29, 0.717) is 12.0 Å². The van der Waals surface area contributed by atoms with Crippen molar-refractivity contribution in [2.45, 2.75) is 24.9 Å². The zero-order chi connectivity index (χ0) is 10.6. The first-order chi connectivity index (χ1) is 7.18. The molecule has 1 N–H and O–H groups in total. The number of hydrogen-bond donors (Lipinski definition) is 1. The van der Waals surface area contributed by atoms with Gasteiger partial charge in [-0.2, -0.15) is 0 Å². The Balaban J connectivity index is 1.94. The van der Waals surface area contributed by atoms with Gasteiger partial charge in [-0.05, 0) is 18.8 Å². The predicted octanol–water partition coefficient (Wildman–Crippen LogP) is -0.369. The van der Waals surface area contributed by atoms with Crippen LogP contribution in [0.1, 0.15) is 12.8 Å². The summed E-state index contributed by atoms with van der Waals surface area (Å²) in [6.45, 7) is 1.49. The summed E-state index contributed by atoms with van der Waals surface area (Å²) in [5, 5.41) is 2.85. The number of carbonyl (C=O) groups excluding carboxylic acids is 2. The van der Waals surface area contributed by atoms with Crippen LogP contribution in [0.4, 0.5) is 4.79 Å². The molecule has 15 heavy (non-hydrogen) atoms. The van der Waals surface area contributed by atoms with E-state index in [9.17, 15) is 9.59 Å². The van der Waals surface area contributed by atoms with Gasteiger partial charge in [0.15, 0.2) is 0 Å². The second-order valence-electron chi connectivity index (χ2n) is 4.72. The van der Waals surface area contributed by atoms with Gasteiger partial charge in [0.25, 0.3) is 0 Å². The van der Waals surface area contributed by atoms with Crippen molar-refractivity contribution in [2.75, 3.05) is 20.1 Å². The summed E-state index contributed by atoms with van der Waals surface area (Å²) >= 11 is 0. The van der Waals surface area contributed by atoms with Crippen LogP contribution in [0.3, 0.4) is 0 Å². The van der Waals surface area contributed by atoms with Gasteiger partial charge in [0, 0.05) is 20.1 Å². The molecule has 5 heteroatoms. The largest absolute Gasteiger partial charge is 0.354 e. The molecule has 0 aliphatic carbocycles. The molecule has 2 bridgehead atoms. The van der Waals surface area contributed by atoms with Crippen LogP contribution >= 0.6 is 0 Å². The van der Waals surface area contributed by atoms with Gasteiger partial charge in [-0.15, -0.1) is 0 Å². The Morgan fingerprint density at radius 3 is 3.00 bits per heavy atom. The molecule has 3 heterocycles. The van der Waals surface area contributed by atoms with E-state index in [-0.39, 0.29) is 18.0 Å². The third kappa shape index (κ3) is 1.09. The van der Waals surface area contributed by atoms with E-state index in [0.717, 1.165) is 25.9 Å². The smallest absolute Gasteiger partial charge is 0.320 e. The molecule has 1 unspecified atom stereocenters. The Morgan fingerprint density at radius 2 is 2.20 bits per heavy atom. The van der Waals surface area contributed by atoms with Crippen LogP contribution in [0.15, 0.2) is 0 Å². The normalized spacial score (nSPS) is 39.1. The van der Waals surface area contributed by atoms with Crippen LogP contribution in [0, 0.1) is 5.92 Å².